The van der Waals surface area contributed by atoms with Gasteiger partial charge in [-0.15, -0.1) is 0 Å². The Kier molecular flexibility index (Phi) is 4.27. The molecule has 5 heteroatoms. The van der Waals surface area contributed by atoms with Crippen LogP contribution in [0.4, 0.5) is 0 Å². The van der Waals surface area contributed by atoms with E-state index in [1.54, 1.807) is 0 Å². The Morgan fingerprint density at radius 2 is 2.04 bits per heavy atom. The molecule has 0 bridgehead atoms. The lowest BCUT2D eigenvalue weighted by molar-refractivity contribution is 0.307. The maximum Gasteiger partial charge on any atom is 0.170 e. The zero-order chi connectivity index (χ0) is 16.5. The van der Waals surface area contributed by atoms with Gasteiger partial charge in [0.05, 0.1) is 17.8 Å². The number of hydrogen-bond acceptors (Lipinski definition) is 2. The zero-order valence-corrected chi connectivity index (χ0v) is 14.9. The number of nitrogens with one attached hydrogen (secondary N) is 1. The van der Waals surface area contributed by atoms with Crippen LogP contribution in [-0.4, -0.2) is 26.1 Å². The molecule has 126 valence electrons. The summed E-state index contributed by atoms with van der Waals surface area (Å²) >= 11 is 5.62. The second kappa shape index (κ2) is 6.55. The van der Waals surface area contributed by atoms with Crippen LogP contribution in [0, 0.1) is 0 Å². The Bertz CT molecular complexity index is 705. The van der Waals surface area contributed by atoms with Crippen molar-refractivity contribution in [3.63, 3.8) is 0 Å². The lowest BCUT2D eigenvalue weighted by Crippen LogP contribution is -2.30. The molecule has 1 aliphatic carbocycles. The quantitative estimate of drug-likeness (QED) is 0.853. The molecule has 0 aromatic carbocycles. The van der Waals surface area contributed by atoms with Crippen LogP contribution in [0.5, 0.6) is 0 Å². The Hall–Kier alpha value is -1.88. The van der Waals surface area contributed by atoms with Crippen LogP contribution in [-0.2, 0) is 0 Å². The van der Waals surface area contributed by atoms with E-state index in [4.69, 9.17) is 12.2 Å². The normalized spacial score (nSPS) is 24.5. The van der Waals surface area contributed by atoms with Gasteiger partial charge in [0.1, 0.15) is 0 Å². The molecule has 2 fully saturated rings. The van der Waals surface area contributed by atoms with E-state index in [1.807, 2.05) is 12.3 Å². The van der Waals surface area contributed by atoms with Crippen molar-refractivity contribution >= 4 is 17.3 Å². The van der Waals surface area contributed by atoms with E-state index in [2.05, 4.69) is 57.2 Å². The highest BCUT2D eigenvalue weighted by atomic mass is 32.1. The molecule has 1 saturated heterocycles. The average molecular weight is 340 g/mol. The van der Waals surface area contributed by atoms with Gasteiger partial charge >= 0.3 is 0 Å². The minimum Gasteiger partial charge on any atom is -0.352 e. The highest BCUT2D eigenvalue weighted by Gasteiger charge is 2.40. The summed E-state index contributed by atoms with van der Waals surface area (Å²) in [7, 11) is 0. The Balaban J connectivity index is 1.75. The van der Waals surface area contributed by atoms with Crippen LogP contribution in [0.1, 0.15) is 62.1 Å². The predicted molar refractivity (Wildman–Crippen MR) is 99.8 cm³/mol. The molecule has 2 aromatic heterocycles. The van der Waals surface area contributed by atoms with Crippen LogP contribution < -0.4 is 5.32 Å². The van der Waals surface area contributed by atoms with E-state index in [9.17, 15) is 0 Å². The van der Waals surface area contributed by atoms with Gasteiger partial charge in [0.25, 0.3) is 0 Å². The van der Waals surface area contributed by atoms with Crippen LogP contribution in [0.15, 0.2) is 42.7 Å². The minimum absolute atomic E-state index is 0.105. The summed E-state index contributed by atoms with van der Waals surface area (Å²) in [6, 6.07) is 11.5. The summed E-state index contributed by atoms with van der Waals surface area (Å²) in [5, 5.41) is 4.34. The second-order valence-electron chi connectivity index (χ2n) is 6.69. The summed E-state index contributed by atoms with van der Waals surface area (Å²) < 4.78 is 2.49. The Morgan fingerprint density at radius 1 is 1.21 bits per heavy atom. The molecule has 4 rings (SSSR count). The second-order valence-corrected chi connectivity index (χ2v) is 7.08. The molecule has 24 heavy (non-hydrogen) atoms. The molecule has 1 aliphatic heterocycles. The van der Waals surface area contributed by atoms with E-state index in [0.717, 1.165) is 17.4 Å². The van der Waals surface area contributed by atoms with Crippen LogP contribution in [0.25, 0.3) is 0 Å². The lowest BCUT2D eigenvalue weighted by atomic mass is 10.0. The largest absolute Gasteiger partial charge is 0.352 e. The monoisotopic (exact) mass is 340 g/mol. The molecule has 0 spiro atoms. The van der Waals surface area contributed by atoms with E-state index in [1.165, 1.54) is 31.4 Å². The summed E-state index contributed by atoms with van der Waals surface area (Å²) in [5.41, 5.74) is 2.41. The first-order valence-corrected chi connectivity index (χ1v) is 9.35. The van der Waals surface area contributed by atoms with E-state index < -0.39 is 0 Å². The molecule has 2 aromatic rings. The fraction of sp³-hybridized carbons (Fsp3) is 0.474. The number of thiocarbonyl (C=S) groups is 1. The smallest absolute Gasteiger partial charge is 0.170 e. The number of likely N-dealkylation sites (N-methyl/N-ethyl adjacent to an activating group) is 1. The van der Waals surface area contributed by atoms with Gasteiger partial charge in [0.2, 0.25) is 0 Å². The summed E-state index contributed by atoms with van der Waals surface area (Å²) in [5.74, 6) is 0. The number of rotatable bonds is 4. The number of aromatic nitrogens is 2. The SMILES string of the molecule is CCN1C(=S)N[C@H](c2ccccn2)[C@@H]1c1cccn1C1CCCC1. The zero-order valence-electron chi connectivity index (χ0n) is 14.1. The summed E-state index contributed by atoms with van der Waals surface area (Å²) in [4.78, 5) is 6.89. The van der Waals surface area contributed by atoms with Gasteiger partial charge < -0.3 is 14.8 Å². The maximum absolute atomic E-state index is 5.62. The van der Waals surface area contributed by atoms with Gasteiger partial charge in [0, 0.05) is 30.7 Å². The van der Waals surface area contributed by atoms with Gasteiger partial charge in [-0.3, -0.25) is 4.98 Å². The lowest BCUT2D eigenvalue weighted by Gasteiger charge is -2.29. The fourth-order valence-corrected chi connectivity index (χ4v) is 4.61. The third-order valence-corrected chi connectivity index (χ3v) is 5.72. The summed E-state index contributed by atoms with van der Waals surface area (Å²) in [6.07, 6.45) is 9.35. The van der Waals surface area contributed by atoms with E-state index in [-0.39, 0.29) is 12.1 Å². The topological polar surface area (TPSA) is 33.1 Å². The molecular formula is C19H24N4S. The minimum atomic E-state index is 0.105. The molecule has 4 nitrogen and oxygen atoms in total. The number of hydrogen-bond donors (Lipinski definition) is 1. The van der Waals surface area contributed by atoms with E-state index in [0.29, 0.717) is 6.04 Å². The van der Waals surface area contributed by atoms with Crippen LogP contribution in [0.3, 0.4) is 0 Å². The van der Waals surface area contributed by atoms with Gasteiger partial charge in [0.15, 0.2) is 5.11 Å². The first kappa shape index (κ1) is 15.6. The number of nitrogens with zero attached hydrogens (tertiary/aromatic N) is 3. The predicted octanol–water partition coefficient (Wildman–Crippen LogP) is 3.99. The maximum atomic E-state index is 5.62. The molecule has 2 atom stereocenters. The molecular weight excluding hydrogens is 316 g/mol. The third-order valence-electron chi connectivity index (χ3n) is 5.37. The Morgan fingerprint density at radius 3 is 2.75 bits per heavy atom. The number of pyridine rings is 1. The van der Waals surface area contributed by atoms with E-state index >= 15 is 0 Å². The third kappa shape index (κ3) is 2.61. The van der Waals surface area contributed by atoms with Crippen molar-refractivity contribution in [2.75, 3.05) is 6.54 Å². The molecule has 0 radical (unpaired) electrons. The highest BCUT2D eigenvalue weighted by Crippen LogP contribution is 2.41. The first-order valence-electron chi connectivity index (χ1n) is 8.94. The van der Waals surface area contributed by atoms with Crippen molar-refractivity contribution in [1.82, 2.24) is 19.8 Å². The highest BCUT2D eigenvalue weighted by molar-refractivity contribution is 7.80. The Labute approximate surface area is 148 Å². The average Bonchev–Trinajstić information content (AvgIpc) is 3.34. The molecule has 0 amide bonds. The van der Waals surface area contributed by atoms with Crippen LogP contribution >= 0.6 is 12.2 Å². The van der Waals surface area contributed by atoms with Crippen molar-refractivity contribution in [1.29, 1.82) is 0 Å². The van der Waals surface area contributed by atoms with Gasteiger partial charge in [-0.05, 0) is 56.2 Å². The van der Waals surface area contributed by atoms with Crippen molar-refractivity contribution in [2.24, 2.45) is 0 Å². The van der Waals surface area contributed by atoms with Crippen LogP contribution in [0.2, 0.25) is 0 Å². The van der Waals surface area contributed by atoms with Gasteiger partial charge in [-0.25, -0.2) is 0 Å². The fourth-order valence-electron chi connectivity index (χ4n) is 4.24. The van der Waals surface area contributed by atoms with Crippen molar-refractivity contribution in [3.8, 4) is 0 Å². The molecule has 1 N–H and O–H groups in total. The summed E-state index contributed by atoms with van der Waals surface area (Å²) in [6.45, 7) is 3.07. The molecule has 1 saturated carbocycles. The van der Waals surface area contributed by atoms with Gasteiger partial charge in [-0.1, -0.05) is 18.9 Å². The van der Waals surface area contributed by atoms with Crippen molar-refractivity contribution in [3.05, 3.63) is 54.1 Å². The first-order chi connectivity index (χ1) is 11.8. The van der Waals surface area contributed by atoms with Gasteiger partial charge in [-0.2, -0.15) is 0 Å². The molecule has 0 unspecified atom stereocenters. The molecule has 2 aliphatic rings. The van der Waals surface area contributed by atoms with Crippen molar-refractivity contribution < 1.29 is 0 Å². The molecule has 3 heterocycles. The van der Waals surface area contributed by atoms with Crippen molar-refractivity contribution in [2.45, 2.75) is 50.7 Å². The standard InChI is InChI=1S/C19H24N4S/c1-2-22-18(16-11-7-13-23(16)14-8-3-4-9-14)17(21-19(22)24)15-10-5-6-12-20-15/h5-7,10-14,17-18H,2-4,8-9H2,1H3,(H,21,24)/t17-,18+/m1/s1.